The molecule has 2 aromatic rings. The number of rotatable bonds is 8. The lowest BCUT2D eigenvalue weighted by atomic mass is 9.87. The minimum atomic E-state index is -0.520. The highest BCUT2D eigenvalue weighted by atomic mass is 16.3. The molecule has 0 spiro atoms. The Morgan fingerprint density at radius 2 is 1.86 bits per heavy atom. The largest absolute Gasteiger partial charge is 0.508 e. The minimum absolute atomic E-state index is 0.0891. The summed E-state index contributed by atoms with van der Waals surface area (Å²) >= 11 is 0. The second kappa shape index (κ2) is 11.3. The Kier molecular flexibility index (Phi) is 8.13. The van der Waals surface area contributed by atoms with Crippen LogP contribution in [0.4, 0.5) is 0 Å². The number of amides is 1. The van der Waals surface area contributed by atoms with Crippen LogP contribution in [-0.2, 0) is 19.4 Å². The summed E-state index contributed by atoms with van der Waals surface area (Å²) in [4.78, 5) is 31.7. The first kappa shape index (κ1) is 25.3. The normalized spacial score (nSPS) is 18.6. The Balaban J connectivity index is 1.33. The number of carbonyl (C=O) groups is 1. The first-order chi connectivity index (χ1) is 16.9. The van der Waals surface area contributed by atoms with Crippen LogP contribution in [0.25, 0.3) is 0 Å². The van der Waals surface area contributed by atoms with Gasteiger partial charge in [-0.2, -0.15) is 0 Å². The van der Waals surface area contributed by atoms with Crippen molar-refractivity contribution in [1.29, 1.82) is 0 Å². The van der Waals surface area contributed by atoms with Crippen LogP contribution < -0.4 is 5.43 Å². The van der Waals surface area contributed by atoms with E-state index in [9.17, 15) is 19.8 Å². The van der Waals surface area contributed by atoms with Gasteiger partial charge in [0.2, 0.25) is 5.43 Å². The molecule has 2 aliphatic rings. The zero-order chi connectivity index (χ0) is 24.9. The molecule has 0 radical (unpaired) electrons. The lowest BCUT2D eigenvalue weighted by molar-refractivity contribution is 0.0594. The third-order valence-electron chi connectivity index (χ3n) is 7.52. The molecule has 1 aromatic carbocycles. The van der Waals surface area contributed by atoms with E-state index in [-0.39, 0.29) is 11.6 Å². The van der Waals surface area contributed by atoms with Crippen molar-refractivity contribution in [3.63, 3.8) is 0 Å². The number of hydrogen-bond donors (Lipinski definition) is 2. The Morgan fingerprint density at radius 3 is 2.57 bits per heavy atom. The number of hydrogen-bond acceptors (Lipinski definition) is 6. The predicted molar refractivity (Wildman–Crippen MR) is 136 cm³/mol. The molecular formula is C27H38N4O4. The number of aromatic nitrogens is 1. The van der Waals surface area contributed by atoms with Crippen LogP contribution >= 0.6 is 0 Å². The molecule has 8 heteroatoms. The van der Waals surface area contributed by atoms with E-state index < -0.39 is 11.2 Å². The molecule has 1 atom stereocenters. The van der Waals surface area contributed by atoms with Crippen LogP contribution in [0.5, 0.6) is 11.5 Å². The van der Waals surface area contributed by atoms with Crippen molar-refractivity contribution >= 4 is 5.91 Å². The summed E-state index contributed by atoms with van der Waals surface area (Å²) in [6.07, 6.45) is 5.63. The molecule has 1 saturated heterocycles. The number of aromatic hydroxyl groups is 2. The average molecular weight is 483 g/mol. The number of pyridine rings is 1. The van der Waals surface area contributed by atoms with Gasteiger partial charge in [0, 0.05) is 64.1 Å². The molecule has 2 N–H and O–H groups in total. The molecule has 1 fully saturated rings. The molecule has 2 heterocycles. The highest BCUT2D eigenvalue weighted by Gasteiger charge is 2.28. The van der Waals surface area contributed by atoms with E-state index >= 15 is 0 Å². The summed E-state index contributed by atoms with van der Waals surface area (Å²) in [6.45, 7) is 10.3. The molecule has 35 heavy (non-hydrogen) atoms. The van der Waals surface area contributed by atoms with Gasteiger partial charge >= 0.3 is 0 Å². The van der Waals surface area contributed by atoms with Crippen molar-refractivity contribution < 1.29 is 15.0 Å². The van der Waals surface area contributed by atoms with Crippen molar-refractivity contribution in [3.05, 3.63) is 57.5 Å². The molecule has 190 valence electrons. The van der Waals surface area contributed by atoms with Crippen LogP contribution in [0.15, 0.2) is 35.3 Å². The highest BCUT2D eigenvalue weighted by Crippen LogP contribution is 2.30. The molecule has 1 aromatic heterocycles. The minimum Gasteiger partial charge on any atom is -0.508 e. The maximum atomic E-state index is 13.1. The summed E-state index contributed by atoms with van der Waals surface area (Å²) in [6, 6.07) is 7.65. The van der Waals surface area contributed by atoms with Gasteiger partial charge in [0.1, 0.15) is 5.75 Å². The van der Waals surface area contributed by atoms with Crippen LogP contribution in [0.1, 0.15) is 48.3 Å². The molecule has 0 bridgehead atoms. The Bertz CT molecular complexity index is 1090. The van der Waals surface area contributed by atoms with E-state index in [4.69, 9.17) is 0 Å². The summed E-state index contributed by atoms with van der Waals surface area (Å²) in [7, 11) is 0. The Morgan fingerprint density at radius 1 is 1.09 bits per heavy atom. The number of carbonyl (C=O) groups excluding carboxylic acids is 1. The second-order valence-electron chi connectivity index (χ2n) is 9.64. The standard InChI is InChI=1S/C27H38N4O4/c1-3-11-30(21-8-9-22-20(19-21)6-5-7-23(22)32)16-13-28-14-17-31(18-15-28)27(35)25-26(34)24(33)10-12-29(25)4-2/h5-7,10,12,21,32,34H,3-4,8-9,11,13-19H2,1-2H3. The van der Waals surface area contributed by atoms with Gasteiger partial charge in [-0.15, -0.1) is 0 Å². The maximum Gasteiger partial charge on any atom is 0.274 e. The molecule has 0 saturated carbocycles. The van der Waals surface area contributed by atoms with Gasteiger partial charge in [0.25, 0.3) is 5.91 Å². The quantitative estimate of drug-likeness (QED) is 0.600. The average Bonchev–Trinajstić information content (AvgIpc) is 2.88. The lowest BCUT2D eigenvalue weighted by Gasteiger charge is -2.39. The number of piperazine rings is 1. The number of benzene rings is 1. The summed E-state index contributed by atoms with van der Waals surface area (Å²) in [5.41, 5.74) is 1.95. The predicted octanol–water partition coefficient (Wildman–Crippen LogP) is 2.31. The van der Waals surface area contributed by atoms with Gasteiger partial charge in [-0.1, -0.05) is 19.1 Å². The molecule has 1 aliphatic carbocycles. The van der Waals surface area contributed by atoms with E-state index in [0.29, 0.717) is 31.4 Å². The fraction of sp³-hybridized carbons (Fsp3) is 0.556. The van der Waals surface area contributed by atoms with Crippen LogP contribution in [0, 0.1) is 0 Å². The van der Waals surface area contributed by atoms with Crippen molar-refractivity contribution in [2.75, 3.05) is 45.8 Å². The number of fused-ring (bicyclic) bond motifs is 1. The summed E-state index contributed by atoms with van der Waals surface area (Å²) in [5.74, 6) is -0.312. The third kappa shape index (κ3) is 5.54. The van der Waals surface area contributed by atoms with E-state index in [0.717, 1.165) is 64.0 Å². The third-order valence-corrected chi connectivity index (χ3v) is 7.52. The van der Waals surface area contributed by atoms with E-state index in [1.54, 1.807) is 21.7 Å². The number of aryl methyl sites for hydroxylation is 1. The topological polar surface area (TPSA) is 89.3 Å². The first-order valence-corrected chi connectivity index (χ1v) is 12.9. The van der Waals surface area contributed by atoms with Crippen LogP contribution in [0.2, 0.25) is 0 Å². The van der Waals surface area contributed by atoms with E-state index in [1.165, 1.54) is 11.6 Å². The maximum absolute atomic E-state index is 13.1. The van der Waals surface area contributed by atoms with Gasteiger partial charge in [0.05, 0.1) is 0 Å². The van der Waals surface area contributed by atoms with Crippen molar-refractivity contribution in [2.24, 2.45) is 0 Å². The molecule has 8 nitrogen and oxygen atoms in total. The van der Waals surface area contributed by atoms with Crippen molar-refractivity contribution in [1.82, 2.24) is 19.3 Å². The number of phenols is 1. The molecule has 4 rings (SSSR count). The zero-order valence-corrected chi connectivity index (χ0v) is 20.9. The van der Waals surface area contributed by atoms with Gasteiger partial charge in [-0.05, 0) is 56.3 Å². The molecule has 1 aliphatic heterocycles. The number of nitrogens with zero attached hydrogens (tertiary/aromatic N) is 4. The zero-order valence-electron chi connectivity index (χ0n) is 20.9. The lowest BCUT2D eigenvalue weighted by Crippen LogP contribution is -2.51. The fourth-order valence-electron chi connectivity index (χ4n) is 5.49. The SMILES string of the molecule is CCCN(CCN1CCN(C(=O)c2c(O)c(=O)ccn2CC)CC1)C1CCc2c(O)cccc2C1. The molecule has 1 amide bonds. The highest BCUT2D eigenvalue weighted by molar-refractivity contribution is 5.95. The van der Waals surface area contributed by atoms with Crippen molar-refractivity contribution in [3.8, 4) is 11.5 Å². The van der Waals surface area contributed by atoms with Gasteiger partial charge in [-0.25, -0.2) is 0 Å². The van der Waals surface area contributed by atoms with Crippen LogP contribution in [0.3, 0.4) is 0 Å². The Hall–Kier alpha value is -2.84. The van der Waals surface area contributed by atoms with Gasteiger partial charge in [0.15, 0.2) is 11.4 Å². The van der Waals surface area contributed by atoms with E-state index in [2.05, 4.69) is 22.8 Å². The first-order valence-electron chi connectivity index (χ1n) is 12.9. The second-order valence-corrected chi connectivity index (χ2v) is 9.64. The van der Waals surface area contributed by atoms with E-state index in [1.807, 2.05) is 13.0 Å². The summed E-state index contributed by atoms with van der Waals surface area (Å²) in [5, 5.41) is 20.4. The molecular weight excluding hydrogens is 444 g/mol. The van der Waals surface area contributed by atoms with Crippen LogP contribution in [-0.4, -0.2) is 87.2 Å². The molecule has 1 unspecified atom stereocenters. The van der Waals surface area contributed by atoms with Gasteiger partial charge < -0.3 is 19.7 Å². The summed E-state index contributed by atoms with van der Waals surface area (Å²) < 4.78 is 1.64. The fourth-order valence-corrected chi connectivity index (χ4v) is 5.49. The number of phenolic OH excluding ortho intramolecular Hbond substituents is 1. The monoisotopic (exact) mass is 482 g/mol. The van der Waals surface area contributed by atoms with Crippen molar-refractivity contribution in [2.45, 2.75) is 52.1 Å². The van der Waals surface area contributed by atoms with Gasteiger partial charge in [-0.3, -0.25) is 19.4 Å². The smallest absolute Gasteiger partial charge is 0.274 e. The Labute approximate surface area is 207 Å².